The molecule has 0 spiro atoms. The number of nitrogen functional groups attached to an aromatic ring is 1. The predicted molar refractivity (Wildman–Crippen MR) is 138 cm³/mol. The van der Waals surface area contributed by atoms with Gasteiger partial charge < -0.3 is 29.0 Å². The average molecular weight is 543 g/mol. The molecule has 2 aromatic heterocycles. The van der Waals surface area contributed by atoms with Crippen LogP contribution in [0.2, 0.25) is 0 Å². The van der Waals surface area contributed by atoms with Crippen molar-refractivity contribution in [2.45, 2.75) is 98.3 Å². The van der Waals surface area contributed by atoms with E-state index in [2.05, 4.69) is 20.0 Å². The van der Waals surface area contributed by atoms with Crippen molar-refractivity contribution in [3.8, 4) is 0 Å². The monoisotopic (exact) mass is 542 g/mol. The Labute approximate surface area is 217 Å². The molecule has 0 aromatic carbocycles. The number of nitrogens with two attached hydrogens (primary N) is 1. The molecule has 0 unspecified atom stereocenters. The maximum absolute atomic E-state index is 13.9. The van der Waals surface area contributed by atoms with Crippen LogP contribution in [0.25, 0.3) is 11.2 Å². The Morgan fingerprint density at radius 2 is 1.70 bits per heavy atom. The number of ether oxygens (including phenoxy) is 3. The van der Waals surface area contributed by atoms with Crippen LogP contribution in [0.3, 0.4) is 0 Å². The third-order valence-electron chi connectivity index (χ3n) is 4.89. The molecule has 0 amide bonds. The first-order chi connectivity index (χ1) is 17.1. The summed E-state index contributed by atoms with van der Waals surface area (Å²) < 4.78 is 37.8. The summed E-state index contributed by atoms with van der Waals surface area (Å²) in [6.07, 6.45) is 0.514. The van der Waals surface area contributed by atoms with E-state index in [1.807, 2.05) is 0 Å². The second-order valence-corrected chi connectivity index (χ2v) is 12.0. The molecule has 14 heteroatoms. The van der Waals surface area contributed by atoms with E-state index in [0.29, 0.717) is 17.7 Å². The zero-order valence-electron chi connectivity index (χ0n) is 22.8. The molecular weight excluding hydrogens is 503 g/mol. The van der Waals surface area contributed by atoms with E-state index < -0.39 is 37.2 Å². The fourth-order valence-corrected chi connectivity index (χ4v) is 5.61. The van der Waals surface area contributed by atoms with Crippen LogP contribution in [-0.4, -0.2) is 67.8 Å². The summed E-state index contributed by atoms with van der Waals surface area (Å²) in [5.74, 6) is -0.830. The third-order valence-corrected chi connectivity index (χ3v) is 6.98. The van der Waals surface area contributed by atoms with E-state index in [4.69, 9.17) is 24.5 Å². The smallest absolute Gasteiger partial charge is 0.326 e. The molecule has 3 N–H and O–H groups in total. The van der Waals surface area contributed by atoms with Crippen LogP contribution in [0.1, 0.15) is 61.8 Å². The van der Waals surface area contributed by atoms with Crippen molar-refractivity contribution in [3.05, 3.63) is 12.7 Å². The molecule has 0 saturated carbocycles. The molecule has 0 radical (unpaired) electrons. The molecule has 0 bridgehead atoms. The number of nitrogens with zero attached hydrogens (tertiary/aromatic N) is 4. The maximum Gasteiger partial charge on any atom is 0.326 e. The van der Waals surface area contributed by atoms with Gasteiger partial charge in [0.1, 0.15) is 23.7 Å². The Hall–Kier alpha value is -2.60. The van der Waals surface area contributed by atoms with Crippen LogP contribution >= 0.6 is 7.52 Å². The minimum absolute atomic E-state index is 0.127. The number of nitrogens with one attached hydrogen (secondary N) is 1. The number of anilines is 1. The predicted octanol–water partition coefficient (Wildman–Crippen LogP) is 3.03. The highest BCUT2D eigenvalue weighted by molar-refractivity contribution is 7.56. The summed E-state index contributed by atoms with van der Waals surface area (Å²) in [6, 6.07) is 0. The van der Waals surface area contributed by atoms with Gasteiger partial charge in [-0.1, -0.05) is 0 Å². The van der Waals surface area contributed by atoms with Crippen LogP contribution < -0.4 is 10.8 Å². The van der Waals surface area contributed by atoms with Crippen LogP contribution in [0, 0.1) is 0 Å². The lowest BCUT2D eigenvalue weighted by Crippen LogP contribution is -2.48. The Balaban J connectivity index is 2.15. The number of hydrogen-bond acceptors (Lipinski definition) is 11. The van der Waals surface area contributed by atoms with Gasteiger partial charge in [-0.15, -0.1) is 0 Å². The lowest BCUT2D eigenvalue weighted by atomic mass is 10.1. The Morgan fingerprint density at radius 3 is 2.32 bits per heavy atom. The summed E-state index contributed by atoms with van der Waals surface area (Å²) >= 11 is 0. The van der Waals surface area contributed by atoms with Crippen molar-refractivity contribution in [1.82, 2.24) is 24.6 Å². The summed E-state index contributed by atoms with van der Waals surface area (Å²) in [5.41, 5.74) is 5.49. The highest BCUT2D eigenvalue weighted by Crippen LogP contribution is 2.47. The number of fused-ring (bicyclic) bond motifs is 1. The summed E-state index contributed by atoms with van der Waals surface area (Å²) in [7, 11) is -3.84. The lowest BCUT2D eigenvalue weighted by Gasteiger charge is -2.32. The van der Waals surface area contributed by atoms with Gasteiger partial charge in [-0.05, 0) is 55.4 Å². The second-order valence-electron chi connectivity index (χ2n) is 9.96. The van der Waals surface area contributed by atoms with E-state index in [9.17, 15) is 14.2 Å². The first kappa shape index (κ1) is 30.6. The zero-order valence-corrected chi connectivity index (χ0v) is 23.7. The quantitative estimate of drug-likeness (QED) is 0.265. The molecule has 0 aliphatic carbocycles. The van der Waals surface area contributed by atoms with Gasteiger partial charge in [0.05, 0.1) is 43.7 Å². The van der Waals surface area contributed by atoms with Crippen molar-refractivity contribution in [2.24, 2.45) is 0 Å². The van der Waals surface area contributed by atoms with Gasteiger partial charge in [-0.2, -0.15) is 0 Å². The Bertz CT molecular complexity index is 1120. The molecule has 13 nitrogen and oxygen atoms in total. The van der Waals surface area contributed by atoms with Gasteiger partial charge in [0.2, 0.25) is 0 Å². The van der Waals surface area contributed by atoms with Crippen LogP contribution in [0.5, 0.6) is 0 Å². The molecule has 2 rings (SSSR count). The molecule has 0 fully saturated rings. The van der Waals surface area contributed by atoms with Gasteiger partial charge in [0, 0.05) is 0 Å². The molecule has 2 aromatic rings. The highest BCUT2D eigenvalue weighted by atomic mass is 31.2. The number of hydrogen-bond donors (Lipinski definition) is 2. The third kappa shape index (κ3) is 9.33. The number of imidazole rings is 1. The van der Waals surface area contributed by atoms with Crippen molar-refractivity contribution >= 4 is 36.4 Å². The highest BCUT2D eigenvalue weighted by Gasteiger charge is 2.40. The molecular formula is C23H39N6O7P. The number of aromatic nitrogens is 4. The SMILES string of the molecule is CC(C)OC(=O)C[C@H](C)O[P@](=O)(CO[C@H](C)Cn1cnc2c(N)ncnc21)NC(C)(C)C(=O)OC(C)C. The first-order valence-corrected chi connectivity index (χ1v) is 13.9. The van der Waals surface area contributed by atoms with E-state index >= 15 is 0 Å². The molecule has 0 aliphatic rings. The molecule has 37 heavy (non-hydrogen) atoms. The molecule has 2 heterocycles. The Kier molecular flexibility index (Phi) is 10.6. The van der Waals surface area contributed by atoms with Gasteiger partial charge >= 0.3 is 11.9 Å². The van der Waals surface area contributed by atoms with Gasteiger partial charge in [-0.3, -0.25) is 14.2 Å². The minimum Gasteiger partial charge on any atom is -0.463 e. The van der Waals surface area contributed by atoms with Crippen molar-refractivity contribution < 1.29 is 32.9 Å². The molecule has 0 saturated heterocycles. The van der Waals surface area contributed by atoms with E-state index in [1.165, 1.54) is 20.2 Å². The van der Waals surface area contributed by atoms with Crippen LogP contribution in [0.15, 0.2) is 12.7 Å². The standard InChI is InChI=1S/C23H39N6O7P/c1-14(2)34-18(30)9-16(5)36-37(32,28-23(7,8)22(31)35-15(3)4)13-33-17(6)10-29-12-27-19-20(24)25-11-26-21(19)29/h11-12,14-17H,9-10,13H2,1-8H3,(H,28,32)(H2,24,25,26)/t16-,17+,37+/m0/s1. The number of esters is 2. The largest absolute Gasteiger partial charge is 0.463 e. The molecule has 208 valence electrons. The van der Waals surface area contributed by atoms with Gasteiger partial charge in [-0.25, -0.2) is 20.0 Å². The van der Waals surface area contributed by atoms with Crippen molar-refractivity contribution in [1.29, 1.82) is 0 Å². The lowest BCUT2D eigenvalue weighted by molar-refractivity contribution is -0.154. The fourth-order valence-electron chi connectivity index (χ4n) is 3.38. The van der Waals surface area contributed by atoms with Gasteiger partial charge in [0.15, 0.2) is 11.5 Å². The maximum atomic E-state index is 13.9. The molecule has 0 aliphatic heterocycles. The first-order valence-electron chi connectivity index (χ1n) is 12.1. The summed E-state index contributed by atoms with van der Waals surface area (Å²) in [4.78, 5) is 37.1. The Morgan fingerprint density at radius 1 is 1.05 bits per heavy atom. The van der Waals surface area contributed by atoms with E-state index in [0.717, 1.165) is 0 Å². The number of carbonyl (C=O) groups excluding carboxylic acids is 2. The zero-order chi connectivity index (χ0) is 28.0. The van der Waals surface area contributed by atoms with Crippen LogP contribution in [-0.2, 0) is 39.4 Å². The van der Waals surface area contributed by atoms with Crippen LogP contribution in [0.4, 0.5) is 5.82 Å². The van der Waals surface area contributed by atoms with E-state index in [1.54, 1.807) is 52.4 Å². The van der Waals surface area contributed by atoms with Crippen molar-refractivity contribution in [2.75, 3.05) is 12.1 Å². The van der Waals surface area contributed by atoms with Crippen molar-refractivity contribution in [3.63, 3.8) is 0 Å². The molecule has 3 atom stereocenters. The average Bonchev–Trinajstić information content (AvgIpc) is 3.14. The minimum atomic E-state index is -3.84. The topological polar surface area (TPSA) is 170 Å². The summed E-state index contributed by atoms with van der Waals surface area (Å²) in [6.45, 7) is 13.7. The second kappa shape index (κ2) is 12.8. The van der Waals surface area contributed by atoms with E-state index in [-0.39, 0.29) is 30.8 Å². The number of rotatable bonds is 14. The fraction of sp³-hybridized carbons (Fsp3) is 0.696. The number of carbonyl (C=O) groups is 2. The normalized spacial score (nSPS) is 15.5. The van der Waals surface area contributed by atoms with Gasteiger partial charge in [0.25, 0.3) is 7.52 Å². The summed E-state index contributed by atoms with van der Waals surface area (Å²) in [5, 5.41) is 2.80.